The molecule has 2 rings (SSSR count). The summed E-state index contributed by atoms with van der Waals surface area (Å²) in [6, 6.07) is 21.0. The molecule has 1 atom stereocenters. The Morgan fingerprint density at radius 1 is 1.13 bits per heavy atom. The number of rotatable bonds is 6. The van der Waals surface area contributed by atoms with Crippen molar-refractivity contribution < 1.29 is 9.53 Å². The fourth-order valence-electron chi connectivity index (χ4n) is 2.39. The Hall–Kier alpha value is -2.86. The highest BCUT2D eigenvalue weighted by Gasteiger charge is 2.41. The summed E-state index contributed by atoms with van der Waals surface area (Å²) in [6.45, 7) is 1.99. The van der Waals surface area contributed by atoms with Crippen molar-refractivity contribution >= 4 is 12.0 Å². The van der Waals surface area contributed by atoms with Crippen LogP contribution in [0.2, 0.25) is 0 Å². The first-order valence-electron chi connectivity index (χ1n) is 7.58. The van der Waals surface area contributed by atoms with Crippen molar-refractivity contribution in [1.82, 2.24) is 0 Å². The molecular formula is C20H19NO2. The molecule has 116 valence electrons. The van der Waals surface area contributed by atoms with E-state index in [1.807, 2.05) is 60.7 Å². The summed E-state index contributed by atoms with van der Waals surface area (Å²) >= 11 is 0. The maximum absolute atomic E-state index is 12.5. The number of carbonyl (C=O) groups is 1. The van der Waals surface area contributed by atoms with E-state index in [0.717, 1.165) is 5.56 Å². The van der Waals surface area contributed by atoms with Crippen molar-refractivity contribution in [3.8, 4) is 6.07 Å². The zero-order chi connectivity index (χ0) is 16.5. The van der Waals surface area contributed by atoms with Crippen LogP contribution in [0.4, 0.5) is 0 Å². The lowest BCUT2D eigenvalue weighted by atomic mass is 9.78. The molecule has 0 radical (unpaired) electrons. The van der Waals surface area contributed by atoms with Crippen molar-refractivity contribution in [2.24, 2.45) is 0 Å². The number of allylic oxidation sites excluding steroid dienone is 1. The first-order valence-corrected chi connectivity index (χ1v) is 7.58. The van der Waals surface area contributed by atoms with Gasteiger partial charge in [0.2, 0.25) is 0 Å². The number of hydrogen-bond donors (Lipinski definition) is 0. The topological polar surface area (TPSA) is 50.1 Å². The van der Waals surface area contributed by atoms with Gasteiger partial charge in [0.15, 0.2) is 5.41 Å². The molecule has 2 aromatic carbocycles. The van der Waals surface area contributed by atoms with Gasteiger partial charge < -0.3 is 4.74 Å². The van der Waals surface area contributed by atoms with E-state index in [0.29, 0.717) is 5.56 Å². The summed E-state index contributed by atoms with van der Waals surface area (Å²) in [5.41, 5.74) is 0.359. The molecule has 0 saturated heterocycles. The fraction of sp³-hybridized carbons (Fsp3) is 0.200. The number of esters is 1. The molecule has 0 fully saturated rings. The van der Waals surface area contributed by atoms with E-state index < -0.39 is 11.4 Å². The van der Waals surface area contributed by atoms with Gasteiger partial charge in [-0.25, -0.2) is 4.79 Å². The average Bonchev–Trinajstić information content (AvgIpc) is 2.61. The van der Waals surface area contributed by atoms with Crippen LogP contribution in [0.25, 0.3) is 6.08 Å². The monoisotopic (exact) mass is 305 g/mol. The lowest BCUT2D eigenvalue weighted by Crippen LogP contribution is -2.35. The van der Waals surface area contributed by atoms with Gasteiger partial charge in [0, 0.05) is 0 Å². The molecule has 0 amide bonds. The lowest BCUT2D eigenvalue weighted by molar-refractivity contribution is -0.147. The molecule has 2 aromatic rings. The number of nitriles is 1. The second-order valence-electron chi connectivity index (χ2n) is 5.12. The Morgan fingerprint density at radius 2 is 1.74 bits per heavy atom. The lowest BCUT2D eigenvalue weighted by Gasteiger charge is -2.23. The molecule has 0 heterocycles. The van der Waals surface area contributed by atoms with Gasteiger partial charge in [-0.15, -0.1) is 0 Å². The molecule has 0 saturated carbocycles. The van der Waals surface area contributed by atoms with E-state index in [1.54, 1.807) is 19.1 Å². The number of nitrogens with zero attached hydrogens (tertiary/aromatic N) is 1. The van der Waals surface area contributed by atoms with Crippen LogP contribution < -0.4 is 0 Å². The smallest absolute Gasteiger partial charge is 0.331 e. The minimum atomic E-state index is -1.32. The zero-order valence-corrected chi connectivity index (χ0v) is 13.1. The summed E-state index contributed by atoms with van der Waals surface area (Å²) in [4.78, 5) is 12.5. The van der Waals surface area contributed by atoms with E-state index >= 15 is 0 Å². The molecule has 0 aliphatic rings. The highest BCUT2D eigenvalue weighted by molar-refractivity contribution is 5.87. The Balaban J connectivity index is 2.32. The molecule has 3 heteroatoms. The number of benzene rings is 2. The van der Waals surface area contributed by atoms with E-state index in [1.165, 1.54) is 0 Å². The molecular weight excluding hydrogens is 286 g/mol. The standard InChI is InChI=1S/C20H19NO2/c1-2-23-19(22)20(16-21,18-13-7-4-8-14-18)15-9-12-17-10-5-3-6-11-17/h3-14H,2,15H2,1H3/b12-9+. The van der Waals surface area contributed by atoms with E-state index in [9.17, 15) is 10.1 Å². The second-order valence-corrected chi connectivity index (χ2v) is 5.12. The quantitative estimate of drug-likeness (QED) is 0.754. The molecule has 0 N–H and O–H groups in total. The highest BCUT2D eigenvalue weighted by Crippen LogP contribution is 2.30. The Kier molecular flexibility index (Phi) is 5.71. The average molecular weight is 305 g/mol. The van der Waals surface area contributed by atoms with Gasteiger partial charge in [0.1, 0.15) is 0 Å². The van der Waals surface area contributed by atoms with Gasteiger partial charge in [-0.3, -0.25) is 0 Å². The third kappa shape index (κ3) is 3.87. The van der Waals surface area contributed by atoms with Crippen LogP contribution in [-0.2, 0) is 14.9 Å². The first kappa shape index (κ1) is 16.5. The van der Waals surface area contributed by atoms with Crippen molar-refractivity contribution in [2.75, 3.05) is 6.61 Å². The van der Waals surface area contributed by atoms with Gasteiger partial charge >= 0.3 is 5.97 Å². The first-order chi connectivity index (χ1) is 11.2. The third-order valence-electron chi connectivity index (χ3n) is 3.62. The summed E-state index contributed by atoms with van der Waals surface area (Å²) in [6.07, 6.45) is 4.03. The van der Waals surface area contributed by atoms with Crippen molar-refractivity contribution in [3.05, 3.63) is 77.9 Å². The minimum Gasteiger partial charge on any atom is -0.465 e. The number of ether oxygens (including phenoxy) is 1. The van der Waals surface area contributed by atoms with E-state index in [-0.39, 0.29) is 13.0 Å². The third-order valence-corrected chi connectivity index (χ3v) is 3.62. The van der Waals surface area contributed by atoms with Gasteiger partial charge in [0.25, 0.3) is 0 Å². The summed E-state index contributed by atoms with van der Waals surface area (Å²) in [5, 5.41) is 9.74. The van der Waals surface area contributed by atoms with Crippen LogP contribution >= 0.6 is 0 Å². The van der Waals surface area contributed by atoms with Gasteiger partial charge in [0.05, 0.1) is 12.7 Å². The zero-order valence-electron chi connectivity index (χ0n) is 13.1. The Bertz CT molecular complexity index is 701. The summed E-state index contributed by atoms with van der Waals surface area (Å²) < 4.78 is 5.16. The van der Waals surface area contributed by atoms with Crippen molar-refractivity contribution in [3.63, 3.8) is 0 Å². The Labute approximate surface area is 136 Å². The van der Waals surface area contributed by atoms with Crippen LogP contribution in [0.1, 0.15) is 24.5 Å². The predicted octanol–water partition coefficient (Wildman–Crippen LogP) is 4.11. The van der Waals surface area contributed by atoms with Crippen molar-refractivity contribution in [1.29, 1.82) is 5.26 Å². The summed E-state index contributed by atoms with van der Waals surface area (Å²) in [7, 11) is 0. The minimum absolute atomic E-state index is 0.248. The molecule has 0 bridgehead atoms. The maximum Gasteiger partial charge on any atom is 0.331 e. The van der Waals surface area contributed by atoms with E-state index in [2.05, 4.69) is 6.07 Å². The molecule has 0 aliphatic heterocycles. The molecule has 23 heavy (non-hydrogen) atoms. The second kappa shape index (κ2) is 7.95. The van der Waals surface area contributed by atoms with Crippen LogP contribution in [-0.4, -0.2) is 12.6 Å². The molecule has 1 unspecified atom stereocenters. The van der Waals surface area contributed by atoms with Crippen molar-refractivity contribution in [2.45, 2.75) is 18.8 Å². The largest absolute Gasteiger partial charge is 0.465 e. The van der Waals surface area contributed by atoms with Gasteiger partial charge in [-0.05, 0) is 24.5 Å². The summed E-state index contributed by atoms with van der Waals surface area (Å²) in [5.74, 6) is -0.508. The highest BCUT2D eigenvalue weighted by atomic mass is 16.5. The molecule has 0 aromatic heterocycles. The molecule has 0 aliphatic carbocycles. The van der Waals surface area contributed by atoms with Gasteiger partial charge in [-0.2, -0.15) is 5.26 Å². The fourth-order valence-corrected chi connectivity index (χ4v) is 2.39. The number of carbonyl (C=O) groups excluding carboxylic acids is 1. The van der Waals surface area contributed by atoms with Crippen LogP contribution in [0.5, 0.6) is 0 Å². The van der Waals surface area contributed by atoms with Crippen LogP contribution in [0, 0.1) is 11.3 Å². The predicted molar refractivity (Wildman–Crippen MR) is 90.5 cm³/mol. The Morgan fingerprint density at radius 3 is 2.30 bits per heavy atom. The SMILES string of the molecule is CCOC(=O)C(C#N)(C/C=C/c1ccccc1)c1ccccc1. The van der Waals surface area contributed by atoms with Gasteiger partial charge in [-0.1, -0.05) is 72.8 Å². The van der Waals surface area contributed by atoms with E-state index in [4.69, 9.17) is 4.74 Å². The molecule has 0 spiro atoms. The van der Waals surface area contributed by atoms with Crippen LogP contribution in [0.3, 0.4) is 0 Å². The maximum atomic E-state index is 12.5. The van der Waals surface area contributed by atoms with Crippen LogP contribution in [0.15, 0.2) is 66.7 Å². The molecule has 3 nitrogen and oxygen atoms in total. The normalized spacial score (nSPS) is 13.2. The number of hydrogen-bond acceptors (Lipinski definition) is 3.